The molecule has 0 atom stereocenters. The van der Waals surface area contributed by atoms with E-state index in [1.807, 2.05) is 12.1 Å². The third-order valence-electron chi connectivity index (χ3n) is 3.10. The van der Waals surface area contributed by atoms with E-state index in [0.29, 0.717) is 17.0 Å². The number of nitrogens with zero attached hydrogens (tertiary/aromatic N) is 1. The fourth-order valence-electron chi connectivity index (χ4n) is 1.95. The van der Waals surface area contributed by atoms with Gasteiger partial charge >= 0.3 is 0 Å². The van der Waals surface area contributed by atoms with Crippen molar-refractivity contribution < 1.29 is 14.3 Å². The van der Waals surface area contributed by atoms with Crippen LogP contribution in [-0.4, -0.2) is 37.9 Å². The lowest BCUT2D eigenvalue weighted by Crippen LogP contribution is -2.22. The lowest BCUT2D eigenvalue weighted by atomic mass is 10.1. The maximum absolute atomic E-state index is 12.1. The molecule has 2 rings (SSSR count). The number of anilines is 1. The van der Waals surface area contributed by atoms with Crippen LogP contribution in [0.15, 0.2) is 40.2 Å². The number of carbonyl (C=O) groups is 2. The van der Waals surface area contributed by atoms with Crippen LogP contribution in [0.2, 0.25) is 0 Å². The molecule has 0 unspecified atom stereocenters. The molecule has 0 saturated carbocycles. The third-order valence-corrected chi connectivity index (χ3v) is 4.69. The summed E-state index contributed by atoms with van der Waals surface area (Å²) in [4.78, 5) is 26.6. The minimum Gasteiger partial charge on any atom is -0.495 e. The number of methoxy groups -OCH3 is 1. The first-order valence-corrected chi connectivity index (χ1v) is 8.65. The summed E-state index contributed by atoms with van der Waals surface area (Å²) >= 11 is 4.90. The van der Waals surface area contributed by atoms with Crippen molar-refractivity contribution in [3.63, 3.8) is 0 Å². The molecule has 1 N–H and O–H groups in total. The van der Waals surface area contributed by atoms with Crippen LogP contribution in [0.4, 0.5) is 5.69 Å². The molecule has 0 spiro atoms. The molecule has 0 bridgehead atoms. The summed E-state index contributed by atoms with van der Waals surface area (Å²) in [7, 11) is 4.86. The van der Waals surface area contributed by atoms with Crippen molar-refractivity contribution in [1.29, 1.82) is 0 Å². The van der Waals surface area contributed by atoms with Crippen LogP contribution in [0.3, 0.4) is 0 Å². The predicted molar refractivity (Wildman–Crippen MR) is 101 cm³/mol. The van der Waals surface area contributed by atoms with Gasteiger partial charge < -0.3 is 15.0 Å². The highest BCUT2D eigenvalue weighted by Gasteiger charge is 2.13. The van der Waals surface area contributed by atoms with Gasteiger partial charge in [0.15, 0.2) is 0 Å². The molecule has 0 aliphatic heterocycles. The van der Waals surface area contributed by atoms with Gasteiger partial charge in [-0.3, -0.25) is 9.59 Å². The Morgan fingerprint density at radius 2 is 2.00 bits per heavy atom. The van der Waals surface area contributed by atoms with Gasteiger partial charge in [-0.1, -0.05) is 0 Å². The maximum Gasteiger partial charge on any atom is 0.253 e. The fourth-order valence-corrected chi connectivity index (χ4v) is 3.27. The van der Waals surface area contributed by atoms with Crippen LogP contribution < -0.4 is 10.1 Å². The molecule has 1 aromatic heterocycles. The topological polar surface area (TPSA) is 58.6 Å². The minimum atomic E-state index is -0.299. The molecule has 24 heavy (non-hydrogen) atoms. The second-order valence-corrected chi connectivity index (χ2v) is 7.57. The Kier molecular flexibility index (Phi) is 6.16. The highest BCUT2D eigenvalue weighted by atomic mass is 79.9. The van der Waals surface area contributed by atoms with Crippen molar-refractivity contribution in [3.8, 4) is 5.75 Å². The number of carbonyl (C=O) groups excluding carboxylic acids is 2. The summed E-state index contributed by atoms with van der Waals surface area (Å²) in [6.45, 7) is 0. The minimum absolute atomic E-state index is 0.146. The van der Waals surface area contributed by atoms with Crippen molar-refractivity contribution in [2.75, 3.05) is 26.5 Å². The van der Waals surface area contributed by atoms with Gasteiger partial charge in [0.1, 0.15) is 5.75 Å². The standard InChI is InChI=1S/C17H17BrN2O3S/c1-20(2)17(22)11-4-7-14(23-3)13(10-11)19-16(21)9-6-12-5-8-15(18)24-12/h4-10H,1-3H3,(H,19,21). The normalized spacial score (nSPS) is 10.7. The molecule has 0 aliphatic carbocycles. The van der Waals surface area contributed by atoms with Gasteiger partial charge in [0.2, 0.25) is 5.91 Å². The Balaban J connectivity index is 2.17. The first-order chi connectivity index (χ1) is 11.4. The Morgan fingerprint density at radius 3 is 2.58 bits per heavy atom. The molecule has 1 aromatic carbocycles. The first-order valence-electron chi connectivity index (χ1n) is 7.05. The van der Waals surface area contributed by atoms with Crippen LogP contribution in [0.5, 0.6) is 5.75 Å². The largest absolute Gasteiger partial charge is 0.495 e. The predicted octanol–water partition coefficient (Wildman–Crippen LogP) is 3.87. The maximum atomic E-state index is 12.1. The van der Waals surface area contributed by atoms with E-state index in [0.717, 1.165) is 8.66 Å². The van der Waals surface area contributed by atoms with Gasteiger partial charge in [0.05, 0.1) is 16.6 Å². The van der Waals surface area contributed by atoms with Gasteiger partial charge in [0.25, 0.3) is 5.91 Å². The van der Waals surface area contributed by atoms with Crippen molar-refractivity contribution in [3.05, 3.63) is 50.6 Å². The summed E-state index contributed by atoms with van der Waals surface area (Å²) in [5.74, 6) is 0.0466. The molecule has 7 heteroatoms. The summed E-state index contributed by atoms with van der Waals surface area (Å²) in [5, 5.41) is 2.74. The van der Waals surface area contributed by atoms with Crippen LogP contribution in [0.1, 0.15) is 15.2 Å². The number of hydrogen-bond donors (Lipinski definition) is 1. The lowest BCUT2D eigenvalue weighted by molar-refractivity contribution is -0.111. The van der Waals surface area contributed by atoms with Crippen LogP contribution in [0.25, 0.3) is 6.08 Å². The van der Waals surface area contributed by atoms with Crippen molar-refractivity contribution in [2.45, 2.75) is 0 Å². The van der Waals surface area contributed by atoms with Crippen molar-refractivity contribution in [2.24, 2.45) is 0 Å². The molecule has 0 fully saturated rings. The molecular weight excluding hydrogens is 392 g/mol. The quantitative estimate of drug-likeness (QED) is 0.763. The molecule has 0 saturated heterocycles. The molecule has 2 amide bonds. The van der Waals surface area contributed by atoms with Crippen LogP contribution >= 0.6 is 27.3 Å². The Labute approximate surface area is 153 Å². The zero-order valence-corrected chi connectivity index (χ0v) is 15.9. The van der Waals surface area contributed by atoms with E-state index in [4.69, 9.17) is 4.74 Å². The Hall–Kier alpha value is -2.12. The van der Waals surface area contributed by atoms with Crippen molar-refractivity contribution >= 4 is 50.8 Å². The zero-order valence-electron chi connectivity index (χ0n) is 13.5. The number of benzene rings is 1. The zero-order chi connectivity index (χ0) is 17.7. The fraction of sp³-hybridized carbons (Fsp3) is 0.176. The highest BCUT2D eigenvalue weighted by molar-refractivity contribution is 9.11. The monoisotopic (exact) mass is 408 g/mol. The average Bonchev–Trinajstić information content (AvgIpc) is 2.97. The second kappa shape index (κ2) is 8.12. The van der Waals surface area contributed by atoms with E-state index < -0.39 is 0 Å². The van der Waals surface area contributed by atoms with Crippen LogP contribution in [0, 0.1) is 0 Å². The molecule has 1 heterocycles. The van der Waals surface area contributed by atoms with E-state index in [-0.39, 0.29) is 11.8 Å². The Bertz CT molecular complexity index is 784. The van der Waals surface area contributed by atoms with E-state index >= 15 is 0 Å². The smallest absolute Gasteiger partial charge is 0.253 e. The van der Waals surface area contributed by atoms with E-state index in [1.54, 1.807) is 38.4 Å². The average molecular weight is 409 g/mol. The third kappa shape index (κ3) is 4.69. The summed E-state index contributed by atoms with van der Waals surface area (Å²) in [6.07, 6.45) is 3.17. The molecule has 5 nitrogen and oxygen atoms in total. The number of ether oxygens (including phenoxy) is 1. The molecule has 126 valence electrons. The molecular formula is C17H17BrN2O3S. The number of hydrogen-bond acceptors (Lipinski definition) is 4. The van der Waals surface area contributed by atoms with Crippen LogP contribution in [-0.2, 0) is 4.79 Å². The van der Waals surface area contributed by atoms with Gasteiger partial charge in [0, 0.05) is 30.6 Å². The summed E-state index contributed by atoms with van der Waals surface area (Å²) in [6, 6.07) is 8.76. The number of rotatable bonds is 5. The number of thiophene rings is 1. The van der Waals surface area contributed by atoms with Crippen molar-refractivity contribution in [1.82, 2.24) is 4.90 Å². The van der Waals surface area contributed by atoms with E-state index in [9.17, 15) is 9.59 Å². The van der Waals surface area contributed by atoms with Gasteiger partial charge in [-0.25, -0.2) is 0 Å². The first kappa shape index (κ1) is 18.2. The Morgan fingerprint density at radius 1 is 1.25 bits per heavy atom. The summed E-state index contributed by atoms with van der Waals surface area (Å²) < 4.78 is 6.24. The molecule has 0 aliphatic rings. The van der Waals surface area contributed by atoms with E-state index in [1.165, 1.54) is 29.4 Å². The number of nitrogens with one attached hydrogen (secondary N) is 1. The second-order valence-electron chi connectivity index (χ2n) is 5.08. The molecule has 0 radical (unpaired) electrons. The SMILES string of the molecule is COc1ccc(C(=O)N(C)C)cc1NC(=O)C=Cc1ccc(Br)s1. The lowest BCUT2D eigenvalue weighted by Gasteiger charge is -2.13. The highest BCUT2D eigenvalue weighted by Crippen LogP contribution is 2.26. The summed E-state index contributed by atoms with van der Waals surface area (Å²) in [5.41, 5.74) is 0.925. The van der Waals surface area contributed by atoms with Gasteiger partial charge in [-0.05, 0) is 52.3 Å². The number of amides is 2. The molecule has 2 aromatic rings. The van der Waals surface area contributed by atoms with Gasteiger partial charge in [-0.15, -0.1) is 11.3 Å². The van der Waals surface area contributed by atoms with Gasteiger partial charge in [-0.2, -0.15) is 0 Å². The van der Waals surface area contributed by atoms with E-state index in [2.05, 4.69) is 21.2 Å². The number of halogens is 1.